The van der Waals surface area contributed by atoms with Crippen molar-refractivity contribution in [3.63, 3.8) is 0 Å². The molecule has 2 aromatic carbocycles. The fourth-order valence-corrected chi connectivity index (χ4v) is 2.73. The molecular weight excluding hydrogens is 206 g/mol. The summed E-state index contributed by atoms with van der Waals surface area (Å²) in [6, 6.07) is 17.3. The first-order valence-electron chi connectivity index (χ1n) is 5.97. The molecular formula is C16H15N. The van der Waals surface area contributed by atoms with Crippen LogP contribution < -0.4 is 5.73 Å². The molecule has 0 heterocycles. The number of hydrogen-bond acceptors (Lipinski definition) is 1. The molecule has 0 amide bonds. The Morgan fingerprint density at radius 3 is 1.94 bits per heavy atom. The van der Waals surface area contributed by atoms with Gasteiger partial charge in [0.2, 0.25) is 0 Å². The molecule has 3 rings (SSSR count). The van der Waals surface area contributed by atoms with Crippen LogP contribution in [0.15, 0.2) is 60.8 Å². The first-order chi connectivity index (χ1) is 8.42. The van der Waals surface area contributed by atoms with E-state index in [1.807, 2.05) is 6.08 Å². The quantitative estimate of drug-likeness (QED) is 0.822. The van der Waals surface area contributed by atoms with Gasteiger partial charge < -0.3 is 5.73 Å². The van der Waals surface area contributed by atoms with Gasteiger partial charge in [0.05, 0.1) is 0 Å². The van der Waals surface area contributed by atoms with Crippen LogP contribution in [0, 0.1) is 0 Å². The third-order valence-electron chi connectivity index (χ3n) is 3.47. The largest absolute Gasteiger partial charge is 0.405 e. The van der Waals surface area contributed by atoms with E-state index in [0.29, 0.717) is 5.92 Å². The number of fused-ring (bicyclic) bond motifs is 3. The van der Waals surface area contributed by atoms with E-state index < -0.39 is 0 Å². The highest BCUT2D eigenvalue weighted by atomic mass is 14.5. The summed E-state index contributed by atoms with van der Waals surface area (Å²) in [6.07, 6.45) is 4.66. The molecule has 0 atom stereocenters. The third kappa shape index (κ3) is 1.55. The normalized spacial score (nSPS) is 13.9. The lowest BCUT2D eigenvalue weighted by Gasteiger charge is -2.10. The van der Waals surface area contributed by atoms with Crippen LogP contribution in [0.2, 0.25) is 0 Å². The molecule has 0 radical (unpaired) electrons. The average molecular weight is 221 g/mol. The van der Waals surface area contributed by atoms with Gasteiger partial charge in [0.25, 0.3) is 0 Å². The zero-order valence-corrected chi connectivity index (χ0v) is 9.64. The summed E-state index contributed by atoms with van der Waals surface area (Å²) in [5.41, 5.74) is 11.1. The first kappa shape index (κ1) is 10.2. The first-order valence-corrected chi connectivity index (χ1v) is 5.97. The Morgan fingerprint density at radius 1 is 0.882 bits per heavy atom. The Morgan fingerprint density at radius 2 is 1.41 bits per heavy atom. The van der Waals surface area contributed by atoms with Crippen molar-refractivity contribution in [3.05, 3.63) is 71.9 Å². The monoisotopic (exact) mass is 221 g/mol. The van der Waals surface area contributed by atoms with Crippen molar-refractivity contribution in [1.29, 1.82) is 0 Å². The van der Waals surface area contributed by atoms with E-state index in [4.69, 9.17) is 5.73 Å². The molecule has 2 aromatic rings. The second-order valence-electron chi connectivity index (χ2n) is 4.39. The van der Waals surface area contributed by atoms with Crippen LogP contribution in [0.1, 0.15) is 23.5 Å². The maximum atomic E-state index is 5.47. The van der Waals surface area contributed by atoms with E-state index in [1.165, 1.54) is 22.3 Å². The molecule has 84 valence electrons. The molecule has 0 bridgehead atoms. The van der Waals surface area contributed by atoms with E-state index in [2.05, 4.69) is 48.5 Å². The summed E-state index contributed by atoms with van der Waals surface area (Å²) in [4.78, 5) is 0. The molecule has 2 N–H and O–H groups in total. The van der Waals surface area contributed by atoms with Gasteiger partial charge in [-0.1, -0.05) is 54.6 Å². The van der Waals surface area contributed by atoms with Crippen molar-refractivity contribution in [2.45, 2.75) is 12.3 Å². The Balaban J connectivity index is 2.16. The van der Waals surface area contributed by atoms with Crippen molar-refractivity contribution in [2.75, 3.05) is 0 Å². The molecule has 0 aromatic heterocycles. The van der Waals surface area contributed by atoms with Crippen LogP contribution >= 0.6 is 0 Å². The van der Waals surface area contributed by atoms with Crippen LogP contribution in [0.3, 0.4) is 0 Å². The van der Waals surface area contributed by atoms with Gasteiger partial charge >= 0.3 is 0 Å². The molecule has 0 saturated heterocycles. The molecule has 1 aliphatic rings. The summed E-state index contributed by atoms with van der Waals surface area (Å²) < 4.78 is 0. The highest BCUT2D eigenvalue weighted by molar-refractivity contribution is 5.78. The Bertz CT molecular complexity index is 524. The van der Waals surface area contributed by atoms with Gasteiger partial charge in [-0.05, 0) is 34.9 Å². The van der Waals surface area contributed by atoms with Gasteiger partial charge in [0.15, 0.2) is 0 Å². The van der Waals surface area contributed by atoms with Crippen LogP contribution in [0.25, 0.3) is 11.1 Å². The fraction of sp³-hybridized carbons (Fsp3) is 0.125. The number of allylic oxidation sites excluding steroid dienone is 1. The minimum absolute atomic E-state index is 0.460. The lowest BCUT2D eigenvalue weighted by atomic mass is 9.94. The summed E-state index contributed by atoms with van der Waals surface area (Å²) in [5.74, 6) is 0.460. The lowest BCUT2D eigenvalue weighted by Crippen LogP contribution is -1.95. The molecule has 0 saturated carbocycles. The Hall–Kier alpha value is -2.02. The molecule has 1 nitrogen and oxygen atoms in total. The molecule has 1 aliphatic carbocycles. The van der Waals surface area contributed by atoms with Crippen LogP contribution in [-0.4, -0.2) is 0 Å². The number of benzene rings is 2. The SMILES string of the molecule is NC=CCC1c2ccccc2-c2ccccc21. The highest BCUT2D eigenvalue weighted by Gasteiger charge is 2.26. The van der Waals surface area contributed by atoms with Crippen LogP contribution in [0.4, 0.5) is 0 Å². The number of nitrogens with two attached hydrogens (primary N) is 1. The van der Waals surface area contributed by atoms with Crippen molar-refractivity contribution < 1.29 is 0 Å². The van der Waals surface area contributed by atoms with Crippen molar-refractivity contribution in [2.24, 2.45) is 5.73 Å². The molecule has 0 unspecified atom stereocenters. The smallest absolute Gasteiger partial charge is 0.0137 e. The lowest BCUT2D eigenvalue weighted by molar-refractivity contribution is 0.852. The number of hydrogen-bond donors (Lipinski definition) is 1. The van der Waals surface area contributed by atoms with E-state index in [-0.39, 0.29) is 0 Å². The zero-order chi connectivity index (χ0) is 11.7. The van der Waals surface area contributed by atoms with E-state index in [0.717, 1.165) is 6.42 Å². The topological polar surface area (TPSA) is 26.0 Å². The van der Waals surface area contributed by atoms with Crippen molar-refractivity contribution in [1.82, 2.24) is 0 Å². The van der Waals surface area contributed by atoms with Gasteiger partial charge in [0, 0.05) is 5.92 Å². The molecule has 0 spiro atoms. The second kappa shape index (κ2) is 4.10. The van der Waals surface area contributed by atoms with Gasteiger partial charge in [0.1, 0.15) is 0 Å². The van der Waals surface area contributed by atoms with Crippen LogP contribution in [0.5, 0.6) is 0 Å². The van der Waals surface area contributed by atoms with Gasteiger partial charge in [-0.2, -0.15) is 0 Å². The maximum absolute atomic E-state index is 5.47. The highest BCUT2D eigenvalue weighted by Crippen LogP contribution is 2.45. The number of rotatable bonds is 2. The van der Waals surface area contributed by atoms with E-state index in [9.17, 15) is 0 Å². The van der Waals surface area contributed by atoms with Gasteiger partial charge in [-0.25, -0.2) is 0 Å². The summed E-state index contributed by atoms with van der Waals surface area (Å²) in [5, 5.41) is 0. The predicted molar refractivity (Wildman–Crippen MR) is 71.7 cm³/mol. The van der Waals surface area contributed by atoms with Crippen molar-refractivity contribution >= 4 is 0 Å². The van der Waals surface area contributed by atoms with E-state index in [1.54, 1.807) is 6.20 Å². The zero-order valence-electron chi connectivity index (χ0n) is 9.64. The fourth-order valence-electron chi connectivity index (χ4n) is 2.73. The molecule has 0 aliphatic heterocycles. The van der Waals surface area contributed by atoms with Crippen LogP contribution in [-0.2, 0) is 0 Å². The molecule has 17 heavy (non-hydrogen) atoms. The standard InChI is InChI=1S/C16H15N/c17-11-5-10-16-14-8-3-1-6-12(14)13-7-2-4-9-15(13)16/h1-9,11,16H,10,17H2. The summed E-state index contributed by atoms with van der Waals surface area (Å²) in [7, 11) is 0. The second-order valence-corrected chi connectivity index (χ2v) is 4.39. The minimum Gasteiger partial charge on any atom is -0.405 e. The van der Waals surface area contributed by atoms with E-state index >= 15 is 0 Å². The third-order valence-corrected chi connectivity index (χ3v) is 3.47. The molecule has 1 heteroatoms. The maximum Gasteiger partial charge on any atom is 0.0137 e. The minimum atomic E-state index is 0.460. The van der Waals surface area contributed by atoms with Gasteiger partial charge in [-0.3, -0.25) is 0 Å². The Kier molecular flexibility index (Phi) is 2.45. The summed E-state index contributed by atoms with van der Waals surface area (Å²) >= 11 is 0. The summed E-state index contributed by atoms with van der Waals surface area (Å²) in [6.45, 7) is 0. The van der Waals surface area contributed by atoms with Gasteiger partial charge in [-0.15, -0.1) is 0 Å². The molecule has 0 fully saturated rings. The predicted octanol–water partition coefficient (Wildman–Crippen LogP) is 3.66. The average Bonchev–Trinajstić information content (AvgIpc) is 2.71. The van der Waals surface area contributed by atoms with Crippen molar-refractivity contribution in [3.8, 4) is 11.1 Å². The Labute approximate surface area is 102 Å².